The molecule has 1 aromatic carbocycles. The van der Waals surface area contributed by atoms with E-state index in [9.17, 15) is 8.42 Å². The van der Waals surface area contributed by atoms with Crippen molar-refractivity contribution >= 4 is 15.7 Å². The Kier molecular flexibility index (Phi) is 3.70. The molecule has 2 saturated heterocycles. The maximum Gasteiger partial charge on any atom is 0.243 e. The van der Waals surface area contributed by atoms with Gasteiger partial charge in [0, 0.05) is 38.4 Å². The van der Waals surface area contributed by atoms with Crippen LogP contribution in [0.25, 0.3) is 0 Å². The maximum atomic E-state index is 12.7. The lowest BCUT2D eigenvalue weighted by atomic mass is 10.2. The molecule has 1 aromatic rings. The highest BCUT2D eigenvalue weighted by Gasteiger charge is 2.36. The second-order valence-corrected chi connectivity index (χ2v) is 7.41. The SMILES string of the molecule is CNc1ccc(S(=O)(=O)N2CCN3CCCC3C2)cc1. The van der Waals surface area contributed by atoms with E-state index in [-0.39, 0.29) is 0 Å². The van der Waals surface area contributed by atoms with Gasteiger partial charge in [0.2, 0.25) is 10.0 Å². The van der Waals surface area contributed by atoms with Gasteiger partial charge in [-0.15, -0.1) is 0 Å². The van der Waals surface area contributed by atoms with Crippen LogP contribution in [0, 0.1) is 0 Å². The number of nitrogens with zero attached hydrogens (tertiary/aromatic N) is 2. The summed E-state index contributed by atoms with van der Waals surface area (Å²) in [5.74, 6) is 0. The Balaban J connectivity index is 1.80. The molecule has 5 nitrogen and oxygen atoms in total. The molecule has 1 N–H and O–H groups in total. The molecule has 2 fully saturated rings. The van der Waals surface area contributed by atoms with Crippen molar-refractivity contribution in [1.29, 1.82) is 0 Å². The average Bonchev–Trinajstić information content (AvgIpc) is 2.94. The molecule has 0 spiro atoms. The molecule has 110 valence electrons. The molecule has 0 amide bonds. The Morgan fingerprint density at radius 1 is 1.15 bits per heavy atom. The van der Waals surface area contributed by atoms with Crippen LogP contribution in [0.2, 0.25) is 0 Å². The molecule has 0 aromatic heterocycles. The molecule has 0 radical (unpaired) electrons. The Labute approximate surface area is 120 Å². The molecule has 0 saturated carbocycles. The summed E-state index contributed by atoms with van der Waals surface area (Å²) in [5.41, 5.74) is 0.921. The first kappa shape index (κ1) is 13.9. The summed E-state index contributed by atoms with van der Waals surface area (Å²) < 4.78 is 27.0. The van der Waals surface area contributed by atoms with Crippen molar-refractivity contribution in [1.82, 2.24) is 9.21 Å². The van der Waals surface area contributed by atoms with Gasteiger partial charge in [-0.25, -0.2) is 8.42 Å². The first-order valence-electron chi connectivity index (χ1n) is 7.13. The zero-order valence-electron chi connectivity index (χ0n) is 11.7. The van der Waals surface area contributed by atoms with Crippen molar-refractivity contribution in [2.45, 2.75) is 23.8 Å². The van der Waals surface area contributed by atoms with E-state index in [2.05, 4.69) is 10.2 Å². The molecule has 0 bridgehead atoms. The number of hydrogen-bond donors (Lipinski definition) is 1. The predicted octanol–water partition coefficient (Wildman–Crippen LogP) is 1.20. The van der Waals surface area contributed by atoms with E-state index in [4.69, 9.17) is 0 Å². The molecule has 3 rings (SSSR count). The number of benzene rings is 1. The lowest BCUT2D eigenvalue weighted by Crippen LogP contribution is -2.51. The van der Waals surface area contributed by atoms with Crippen LogP contribution in [0.1, 0.15) is 12.8 Å². The van der Waals surface area contributed by atoms with Crippen molar-refractivity contribution in [2.24, 2.45) is 0 Å². The fraction of sp³-hybridized carbons (Fsp3) is 0.571. The molecule has 2 aliphatic rings. The number of piperazine rings is 1. The summed E-state index contributed by atoms with van der Waals surface area (Å²) in [4.78, 5) is 2.80. The summed E-state index contributed by atoms with van der Waals surface area (Å²) in [6.45, 7) is 3.22. The standard InChI is InChI=1S/C14H21N3O2S/c1-15-12-4-6-14(7-5-12)20(18,19)17-10-9-16-8-2-3-13(16)11-17/h4-7,13,15H,2-3,8-11H2,1H3. The topological polar surface area (TPSA) is 52.7 Å². The smallest absolute Gasteiger partial charge is 0.243 e. The molecule has 0 aliphatic carbocycles. The normalized spacial score (nSPS) is 24.6. The number of rotatable bonds is 3. The third kappa shape index (κ3) is 2.43. The van der Waals surface area contributed by atoms with Crippen LogP contribution in [0.3, 0.4) is 0 Å². The van der Waals surface area contributed by atoms with Gasteiger partial charge in [-0.05, 0) is 43.7 Å². The fourth-order valence-corrected chi connectivity index (χ4v) is 4.59. The third-order valence-corrected chi connectivity index (χ3v) is 6.21. The van der Waals surface area contributed by atoms with Crippen LogP contribution in [-0.2, 0) is 10.0 Å². The van der Waals surface area contributed by atoms with Crippen LogP contribution >= 0.6 is 0 Å². The van der Waals surface area contributed by atoms with Crippen molar-refractivity contribution in [3.8, 4) is 0 Å². The second kappa shape index (κ2) is 5.35. The van der Waals surface area contributed by atoms with Gasteiger partial charge in [0.15, 0.2) is 0 Å². The zero-order chi connectivity index (χ0) is 14.2. The van der Waals surface area contributed by atoms with E-state index in [1.807, 2.05) is 7.05 Å². The van der Waals surface area contributed by atoms with Crippen LogP contribution in [0.15, 0.2) is 29.2 Å². The molecule has 2 heterocycles. The second-order valence-electron chi connectivity index (χ2n) is 5.47. The summed E-state index contributed by atoms with van der Waals surface area (Å²) in [6.07, 6.45) is 2.31. The third-order valence-electron chi connectivity index (χ3n) is 4.33. The van der Waals surface area contributed by atoms with Crippen LogP contribution in [0.5, 0.6) is 0 Å². The number of sulfonamides is 1. The lowest BCUT2D eigenvalue weighted by molar-refractivity contribution is 0.158. The maximum absolute atomic E-state index is 12.7. The Bertz CT molecular complexity index is 571. The molecular formula is C14H21N3O2S. The van der Waals surface area contributed by atoms with E-state index in [1.54, 1.807) is 28.6 Å². The Morgan fingerprint density at radius 2 is 1.90 bits per heavy atom. The van der Waals surface area contributed by atoms with Gasteiger partial charge in [0.25, 0.3) is 0 Å². The molecule has 1 atom stereocenters. The number of anilines is 1. The van der Waals surface area contributed by atoms with Crippen LogP contribution in [-0.4, -0.2) is 56.9 Å². The minimum atomic E-state index is -3.35. The van der Waals surface area contributed by atoms with Crippen molar-refractivity contribution in [2.75, 3.05) is 38.5 Å². The lowest BCUT2D eigenvalue weighted by Gasteiger charge is -2.36. The Morgan fingerprint density at radius 3 is 2.60 bits per heavy atom. The summed E-state index contributed by atoms with van der Waals surface area (Å²) in [7, 11) is -1.52. The van der Waals surface area contributed by atoms with Gasteiger partial charge in [-0.2, -0.15) is 4.31 Å². The monoisotopic (exact) mass is 295 g/mol. The minimum absolute atomic E-state index is 0.392. The predicted molar refractivity (Wildman–Crippen MR) is 79.3 cm³/mol. The summed E-state index contributed by atoms with van der Waals surface area (Å²) >= 11 is 0. The fourth-order valence-electron chi connectivity index (χ4n) is 3.12. The van der Waals surface area contributed by atoms with Gasteiger partial charge in [-0.1, -0.05) is 0 Å². The Hall–Kier alpha value is -1.11. The van der Waals surface area contributed by atoms with Gasteiger partial charge >= 0.3 is 0 Å². The minimum Gasteiger partial charge on any atom is -0.388 e. The highest BCUT2D eigenvalue weighted by atomic mass is 32.2. The summed E-state index contributed by atoms with van der Waals surface area (Å²) in [6, 6.07) is 7.39. The molecule has 1 unspecified atom stereocenters. The van der Waals surface area contributed by atoms with Gasteiger partial charge in [-0.3, -0.25) is 4.90 Å². The van der Waals surface area contributed by atoms with Crippen molar-refractivity contribution < 1.29 is 8.42 Å². The number of nitrogens with one attached hydrogen (secondary N) is 1. The van der Waals surface area contributed by atoms with Gasteiger partial charge in [0.1, 0.15) is 0 Å². The van der Waals surface area contributed by atoms with Crippen LogP contribution < -0.4 is 5.32 Å². The number of fused-ring (bicyclic) bond motifs is 1. The average molecular weight is 295 g/mol. The molecule has 2 aliphatic heterocycles. The molecule has 20 heavy (non-hydrogen) atoms. The largest absolute Gasteiger partial charge is 0.388 e. The van der Waals surface area contributed by atoms with E-state index in [0.717, 1.165) is 25.2 Å². The van der Waals surface area contributed by atoms with E-state index in [1.165, 1.54) is 6.42 Å². The zero-order valence-corrected chi connectivity index (χ0v) is 12.6. The summed E-state index contributed by atoms with van der Waals surface area (Å²) in [5, 5.41) is 3.00. The van der Waals surface area contributed by atoms with E-state index >= 15 is 0 Å². The van der Waals surface area contributed by atoms with Crippen LogP contribution in [0.4, 0.5) is 5.69 Å². The quantitative estimate of drug-likeness (QED) is 0.910. The molecule has 6 heteroatoms. The molecular weight excluding hydrogens is 274 g/mol. The number of hydrogen-bond acceptors (Lipinski definition) is 4. The van der Waals surface area contributed by atoms with E-state index in [0.29, 0.717) is 24.0 Å². The first-order chi connectivity index (χ1) is 9.61. The highest BCUT2D eigenvalue weighted by Crippen LogP contribution is 2.26. The first-order valence-corrected chi connectivity index (χ1v) is 8.57. The van der Waals surface area contributed by atoms with Gasteiger partial charge < -0.3 is 5.32 Å². The highest BCUT2D eigenvalue weighted by molar-refractivity contribution is 7.89. The van der Waals surface area contributed by atoms with Gasteiger partial charge in [0.05, 0.1) is 4.90 Å². The van der Waals surface area contributed by atoms with Crippen molar-refractivity contribution in [3.63, 3.8) is 0 Å². The van der Waals surface area contributed by atoms with E-state index < -0.39 is 10.0 Å². The van der Waals surface area contributed by atoms with Crippen molar-refractivity contribution in [3.05, 3.63) is 24.3 Å².